The van der Waals surface area contributed by atoms with E-state index < -0.39 is 4.92 Å². The van der Waals surface area contributed by atoms with Gasteiger partial charge < -0.3 is 10.2 Å². The van der Waals surface area contributed by atoms with Crippen molar-refractivity contribution < 1.29 is 9.72 Å². The Morgan fingerprint density at radius 2 is 1.69 bits per heavy atom. The summed E-state index contributed by atoms with van der Waals surface area (Å²) in [6.07, 6.45) is 4.30. The van der Waals surface area contributed by atoms with Gasteiger partial charge in [-0.15, -0.1) is 0 Å². The van der Waals surface area contributed by atoms with Crippen molar-refractivity contribution in [3.8, 4) is 0 Å². The summed E-state index contributed by atoms with van der Waals surface area (Å²) in [5.41, 5.74) is 2.97. The van der Waals surface area contributed by atoms with Crippen molar-refractivity contribution in [2.45, 2.75) is 25.7 Å². The van der Waals surface area contributed by atoms with E-state index in [1.807, 2.05) is 0 Å². The Labute approximate surface area is 153 Å². The first kappa shape index (κ1) is 17.9. The zero-order chi connectivity index (χ0) is 18.4. The summed E-state index contributed by atoms with van der Waals surface area (Å²) in [4.78, 5) is 24.6. The molecule has 1 aliphatic rings. The summed E-state index contributed by atoms with van der Waals surface area (Å²) in [5.74, 6) is -0.204. The maximum absolute atomic E-state index is 12.0. The van der Waals surface area contributed by atoms with Gasteiger partial charge in [-0.25, -0.2) is 0 Å². The number of hydrogen-bond donors (Lipinski definition) is 1. The van der Waals surface area contributed by atoms with Crippen molar-refractivity contribution in [3.63, 3.8) is 0 Å². The molecule has 0 saturated carbocycles. The predicted molar refractivity (Wildman–Crippen MR) is 102 cm³/mol. The van der Waals surface area contributed by atoms with Crippen LogP contribution >= 0.6 is 0 Å². The molecule has 1 heterocycles. The SMILES string of the molecule is O=C(NCCCc1ccc(N2CCCC2)cc1)c1ccc([N+](=O)[O-])cc1. The lowest BCUT2D eigenvalue weighted by Gasteiger charge is -2.17. The van der Waals surface area contributed by atoms with Crippen LogP contribution in [0.2, 0.25) is 0 Å². The second kappa shape index (κ2) is 8.47. The number of anilines is 1. The number of rotatable bonds is 7. The topological polar surface area (TPSA) is 75.5 Å². The molecule has 1 amide bonds. The van der Waals surface area contributed by atoms with Gasteiger partial charge >= 0.3 is 0 Å². The molecule has 0 spiro atoms. The molecule has 1 aliphatic heterocycles. The Morgan fingerprint density at radius 1 is 1.04 bits per heavy atom. The van der Waals surface area contributed by atoms with E-state index in [1.54, 1.807) is 0 Å². The molecule has 136 valence electrons. The number of aryl methyl sites for hydroxylation is 1. The van der Waals surface area contributed by atoms with Crippen molar-refractivity contribution in [1.29, 1.82) is 0 Å². The molecule has 1 N–H and O–H groups in total. The van der Waals surface area contributed by atoms with Gasteiger partial charge in [0.05, 0.1) is 4.92 Å². The van der Waals surface area contributed by atoms with Crippen LogP contribution in [0.15, 0.2) is 48.5 Å². The normalized spacial score (nSPS) is 13.6. The zero-order valence-corrected chi connectivity index (χ0v) is 14.7. The third kappa shape index (κ3) is 4.59. The second-order valence-corrected chi connectivity index (χ2v) is 6.52. The van der Waals surface area contributed by atoms with Crippen LogP contribution in [0, 0.1) is 10.1 Å². The number of nitro groups is 1. The first-order chi connectivity index (χ1) is 12.6. The highest BCUT2D eigenvalue weighted by atomic mass is 16.6. The third-order valence-corrected chi connectivity index (χ3v) is 4.68. The van der Waals surface area contributed by atoms with Gasteiger partial charge in [-0.05, 0) is 55.5 Å². The Hall–Kier alpha value is -2.89. The van der Waals surface area contributed by atoms with E-state index in [0.29, 0.717) is 12.1 Å². The van der Waals surface area contributed by atoms with Crippen LogP contribution in [0.5, 0.6) is 0 Å². The molecule has 1 saturated heterocycles. The summed E-state index contributed by atoms with van der Waals surface area (Å²) in [6, 6.07) is 14.3. The van der Waals surface area contributed by atoms with E-state index in [2.05, 4.69) is 34.5 Å². The van der Waals surface area contributed by atoms with Crippen molar-refractivity contribution in [3.05, 3.63) is 69.8 Å². The monoisotopic (exact) mass is 353 g/mol. The molecular weight excluding hydrogens is 330 g/mol. The lowest BCUT2D eigenvalue weighted by Crippen LogP contribution is -2.24. The molecule has 6 nitrogen and oxygen atoms in total. The van der Waals surface area contributed by atoms with E-state index in [-0.39, 0.29) is 11.6 Å². The summed E-state index contributed by atoms with van der Waals surface area (Å²) >= 11 is 0. The van der Waals surface area contributed by atoms with Crippen molar-refractivity contribution in [2.24, 2.45) is 0 Å². The van der Waals surface area contributed by atoms with E-state index >= 15 is 0 Å². The molecule has 2 aromatic carbocycles. The number of carbonyl (C=O) groups excluding carboxylic acids is 1. The molecule has 3 rings (SSSR count). The fraction of sp³-hybridized carbons (Fsp3) is 0.350. The third-order valence-electron chi connectivity index (χ3n) is 4.68. The first-order valence-corrected chi connectivity index (χ1v) is 9.00. The van der Waals surface area contributed by atoms with Crippen LogP contribution in [0.25, 0.3) is 0 Å². The highest BCUT2D eigenvalue weighted by Gasteiger charge is 2.12. The number of carbonyl (C=O) groups is 1. The van der Waals surface area contributed by atoms with E-state index in [9.17, 15) is 14.9 Å². The highest BCUT2D eigenvalue weighted by molar-refractivity contribution is 5.94. The minimum absolute atomic E-state index is 0.0149. The number of amides is 1. The molecule has 0 unspecified atom stereocenters. The van der Waals surface area contributed by atoms with Gasteiger partial charge in [-0.3, -0.25) is 14.9 Å². The molecule has 0 bridgehead atoms. The van der Waals surface area contributed by atoms with E-state index in [0.717, 1.165) is 25.9 Å². The minimum Gasteiger partial charge on any atom is -0.372 e. The van der Waals surface area contributed by atoms with Gasteiger partial charge in [-0.2, -0.15) is 0 Å². The maximum atomic E-state index is 12.0. The standard InChI is InChI=1S/C20H23N3O3/c24-20(17-7-11-19(12-8-17)23(25)26)21-13-3-4-16-5-9-18(10-6-16)22-14-1-2-15-22/h5-12H,1-4,13-15H2,(H,21,24). The van der Waals surface area contributed by atoms with Crippen molar-refractivity contribution in [1.82, 2.24) is 5.32 Å². The molecule has 6 heteroatoms. The largest absolute Gasteiger partial charge is 0.372 e. The average Bonchev–Trinajstić information content (AvgIpc) is 3.20. The lowest BCUT2D eigenvalue weighted by atomic mass is 10.1. The number of nitrogens with zero attached hydrogens (tertiary/aromatic N) is 2. The van der Waals surface area contributed by atoms with Crippen LogP contribution < -0.4 is 10.2 Å². The molecular formula is C20H23N3O3. The van der Waals surface area contributed by atoms with Crippen LogP contribution in [-0.4, -0.2) is 30.5 Å². The molecule has 0 atom stereocenters. The Kier molecular flexibility index (Phi) is 5.84. The molecule has 0 radical (unpaired) electrons. The molecule has 26 heavy (non-hydrogen) atoms. The van der Waals surface area contributed by atoms with Gasteiger partial charge in [0.15, 0.2) is 0 Å². The van der Waals surface area contributed by atoms with Crippen LogP contribution in [-0.2, 0) is 6.42 Å². The van der Waals surface area contributed by atoms with Gasteiger partial charge in [0.2, 0.25) is 0 Å². The van der Waals surface area contributed by atoms with Crippen molar-refractivity contribution in [2.75, 3.05) is 24.5 Å². The summed E-state index contributed by atoms with van der Waals surface area (Å²) in [6.45, 7) is 2.87. The number of non-ortho nitro benzene ring substituents is 1. The molecule has 0 aromatic heterocycles. The zero-order valence-electron chi connectivity index (χ0n) is 14.7. The van der Waals surface area contributed by atoms with Gasteiger partial charge in [0.1, 0.15) is 0 Å². The predicted octanol–water partition coefficient (Wildman–Crippen LogP) is 3.56. The summed E-state index contributed by atoms with van der Waals surface area (Å²) in [5, 5.41) is 13.5. The van der Waals surface area contributed by atoms with Gasteiger partial charge in [0.25, 0.3) is 11.6 Å². The maximum Gasteiger partial charge on any atom is 0.269 e. The highest BCUT2D eigenvalue weighted by Crippen LogP contribution is 2.20. The fourth-order valence-corrected chi connectivity index (χ4v) is 3.18. The minimum atomic E-state index is -0.476. The summed E-state index contributed by atoms with van der Waals surface area (Å²) in [7, 11) is 0. The first-order valence-electron chi connectivity index (χ1n) is 9.00. The number of benzene rings is 2. The average molecular weight is 353 g/mol. The summed E-state index contributed by atoms with van der Waals surface area (Å²) < 4.78 is 0. The number of nitro benzene ring substituents is 1. The molecule has 2 aromatic rings. The van der Waals surface area contributed by atoms with Gasteiger partial charge in [-0.1, -0.05) is 12.1 Å². The number of nitrogens with one attached hydrogen (secondary N) is 1. The van der Waals surface area contributed by atoms with Crippen LogP contribution in [0.4, 0.5) is 11.4 Å². The Balaban J connectivity index is 1.41. The van der Waals surface area contributed by atoms with Crippen molar-refractivity contribution >= 4 is 17.3 Å². The number of hydrogen-bond acceptors (Lipinski definition) is 4. The lowest BCUT2D eigenvalue weighted by molar-refractivity contribution is -0.384. The fourth-order valence-electron chi connectivity index (χ4n) is 3.18. The molecule has 0 aliphatic carbocycles. The van der Waals surface area contributed by atoms with E-state index in [4.69, 9.17) is 0 Å². The second-order valence-electron chi connectivity index (χ2n) is 6.52. The molecule has 1 fully saturated rings. The Bertz CT molecular complexity index is 751. The van der Waals surface area contributed by atoms with E-state index in [1.165, 1.54) is 48.4 Å². The van der Waals surface area contributed by atoms with Crippen LogP contribution in [0.1, 0.15) is 35.2 Å². The van der Waals surface area contributed by atoms with Gasteiger partial charge in [0, 0.05) is 43.0 Å². The van der Waals surface area contributed by atoms with Crippen LogP contribution in [0.3, 0.4) is 0 Å². The quantitative estimate of drug-likeness (QED) is 0.469. The Morgan fingerprint density at radius 3 is 2.31 bits per heavy atom. The smallest absolute Gasteiger partial charge is 0.269 e.